The highest BCUT2D eigenvalue weighted by molar-refractivity contribution is 7.99. The second-order valence-electron chi connectivity index (χ2n) is 5.37. The Kier molecular flexibility index (Phi) is 3.60. The molecule has 3 heteroatoms. The second-order valence-corrected chi connectivity index (χ2v) is 6.49. The first-order valence-corrected chi connectivity index (χ1v) is 7.76. The van der Waals surface area contributed by atoms with E-state index in [-0.39, 0.29) is 0 Å². The first kappa shape index (κ1) is 14.0. The first-order chi connectivity index (χ1) is 10.0. The summed E-state index contributed by atoms with van der Waals surface area (Å²) in [5, 5.41) is 2.19. The molecule has 0 radical (unpaired) electrons. The van der Waals surface area contributed by atoms with E-state index < -0.39 is 0 Å². The van der Waals surface area contributed by atoms with E-state index in [4.69, 9.17) is 5.73 Å². The fourth-order valence-electron chi connectivity index (χ4n) is 2.33. The van der Waals surface area contributed by atoms with Gasteiger partial charge >= 0.3 is 0 Å². The molecule has 0 aliphatic rings. The predicted octanol–water partition coefficient (Wildman–Crippen LogP) is 4.89. The average Bonchev–Trinajstić information content (AvgIpc) is 2.46. The number of aryl methyl sites for hydroxylation is 3. The Bertz CT molecular complexity index is 825. The van der Waals surface area contributed by atoms with Crippen LogP contribution in [0.5, 0.6) is 0 Å². The molecule has 1 aromatic heterocycles. The monoisotopic (exact) mass is 294 g/mol. The predicted molar refractivity (Wildman–Crippen MR) is 90.9 cm³/mol. The van der Waals surface area contributed by atoms with Crippen LogP contribution in [0.2, 0.25) is 0 Å². The first-order valence-electron chi connectivity index (χ1n) is 6.94. The van der Waals surface area contributed by atoms with Gasteiger partial charge in [-0.1, -0.05) is 17.8 Å². The van der Waals surface area contributed by atoms with Gasteiger partial charge in [-0.3, -0.25) is 4.98 Å². The minimum Gasteiger partial charge on any atom is -0.398 e. The lowest BCUT2D eigenvalue weighted by Crippen LogP contribution is -1.91. The van der Waals surface area contributed by atoms with Crippen LogP contribution in [0.3, 0.4) is 0 Å². The molecule has 1 heterocycles. The standard InChI is InChI=1S/C18H18N2S/c1-11-4-5-14(8-12(11)2)21-18-7-6-17(19)16-10-20-13(3)9-15(16)18/h4-10H,19H2,1-3H3. The molecule has 106 valence electrons. The number of nitrogens with two attached hydrogens (primary N) is 1. The molecule has 0 aliphatic carbocycles. The second kappa shape index (κ2) is 5.41. The zero-order chi connectivity index (χ0) is 15.0. The molecule has 0 spiro atoms. The number of hydrogen-bond donors (Lipinski definition) is 1. The third-order valence-corrected chi connectivity index (χ3v) is 4.80. The van der Waals surface area contributed by atoms with Crippen molar-refractivity contribution in [2.75, 3.05) is 5.73 Å². The molecule has 0 bridgehead atoms. The van der Waals surface area contributed by atoms with E-state index in [2.05, 4.69) is 49.2 Å². The highest BCUT2D eigenvalue weighted by atomic mass is 32.2. The van der Waals surface area contributed by atoms with E-state index in [0.29, 0.717) is 0 Å². The zero-order valence-electron chi connectivity index (χ0n) is 12.5. The molecule has 0 saturated carbocycles. The van der Waals surface area contributed by atoms with Crippen molar-refractivity contribution in [1.29, 1.82) is 0 Å². The van der Waals surface area contributed by atoms with Crippen molar-refractivity contribution in [2.45, 2.75) is 30.6 Å². The summed E-state index contributed by atoms with van der Waals surface area (Å²) < 4.78 is 0. The molecule has 0 amide bonds. The van der Waals surface area contributed by atoms with Crippen molar-refractivity contribution in [3.8, 4) is 0 Å². The number of anilines is 1. The highest BCUT2D eigenvalue weighted by Crippen LogP contribution is 2.36. The van der Waals surface area contributed by atoms with Crippen LogP contribution in [0.25, 0.3) is 10.8 Å². The van der Waals surface area contributed by atoms with Crippen molar-refractivity contribution < 1.29 is 0 Å². The largest absolute Gasteiger partial charge is 0.398 e. The number of aromatic nitrogens is 1. The molecule has 0 saturated heterocycles. The summed E-state index contributed by atoms with van der Waals surface area (Å²) >= 11 is 1.77. The summed E-state index contributed by atoms with van der Waals surface area (Å²) in [5.74, 6) is 0. The third kappa shape index (κ3) is 2.74. The van der Waals surface area contributed by atoms with Gasteiger partial charge in [-0.25, -0.2) is 0 Å². The molecule has 21 heavy (non-hydrogen) atoms. The lowest BCUT2D eigenvalue weighted by atomic mass is 10.1. The molecule has 3 aromatic rings. The number of pyridine rings is 1. The van der Waals surface area contributed by atoms with Gasteiger partial charge in [-0.05, 0) is 62.2 Å². The number of benzene rings is 2. The summed E-state index contributed by atoms with van der Waals surface area (Å²) in [6.07, 6.45) is 1.87. The summed E-state index contributed by atoms with van der Waals surface area (Å²) in [6, 6.07) is 12.7. The number of rotatable bonds is 2. The van der Waals surface area contributed by atoms with Gasteiger partial charge in [0, 0.05) is 38.1 Å². The van der Waals surface area contributed by atoms with E-state index >= 15 is 0 Å². The minimum atomic E-state index is 0.780. The Balaban J connectivity index is 2.10. The Morgan fingerprint density at radius 3 is 2.48 bits per heavy atom. The summed E-state index contributed by atoms with van der Waals surface area (Å²) in [5.41, 5.74) is 10.5. The van der Waals surface area contributed by atoms with Gasteiger partial charge < -0.3 is 5.73 Å². The Morgan fingerprint density at radius 2 is 1.71 bits per heavy atom. The Labute approximate surface area is 129 Å². The van der Waals surface area contributed by atoms with E-state index in [0.717, 1.165) is 16.8 Å². The molecule has 2 N–H and O–H groups in total. The van der Waals surface area contributed by atoms with Gasteiger partial charge in [0.15, 0.2) is 0 Å². The SMILES string of the molecule is Cc1cc2c(Sc3ccc(C)c(C)c3)ccc(N)c2cn1. The lowest BCUT2D eigenvalue weighted by molar-refractivity contribution is 1.22. The third-order valence-electron chi connectivity index (χ3n) is 3.74. The maximum absolute atomic E-state index is 6.06. The van der Waals surface area contributed by atoms with Crippen molar-refractivity contribution in [1.82, 2.24) is 4.98 Å². The topological polar surface area (TPSA) is 38.9 Å². The molecule has 0 fully saturated rings. The fraction of sp³-hybridized carbons (Fsp3) is 0.167. The smallest absolute Gasteiger partial charge is 0.0410 e. The Morgan fingerprint density at radius 1 is 0.905 bits per heavy atom. The maximum atomic E-state index is 6.06. The normalized spacial score (nSPS) is 11.0. The lowest BCUT2D eigenvalue weighted by Gasteiger charge is -2.10. The zero-order valence-corrected chi connectivity index (χ0v) is 13.3. The number of fused-ring (bicyclic) bond motifs is 1. The van der Waals surface area contributed by atoms with E-state index in [1.54, 1.807) is 11.8 Å². The van der Waals surface area contributed by atoms with Gasteiger partial charge in [0.05, 0.1) is 0 Å². The van der Waals surface area contributed by atoms with Crippen LogP contribution in [0.15, 0.2) is 52.4 Å². The number of nitrogens with zero attached hydrogens (tertiary/aromatic N) is 1. The van der Waals surface area contributed by atoms with Crippen molar-refractivity contribution >= 4 is 28.2 Å². The maximum Gasteiger partial charge on any atom is 0.0410 e. The van der Waals surface area contributed by atoms with E-state index in [1.807, 2.05) is 19.2 Å². The van der Waals surface area contributed by atoms with Gasteiger partial charge in [0.1, 0.15) is 0 Å². The van der Waals surface area contributed by atoms with Gasteiger partial charge in [0.25, 0.3) is 0 Å². The average molecular weight is 294 g/mol. The van der Waals surface area contributed by atoms with Crippen molar-refractivity contribution in [2.24, 2.45) is 0 Å². The molecule has 2 nitrogen and oxygen atoms in total. The quantitative estimate of drug-likeness (QED) is 0.684. The molecule has 0 aliphatic heterocycles. The number of nitrogen functional groups attached to an aromatic ring is 1. The van der Waals surface area contributed by atoms with Gasteiger partial charge in [0.2, 0.25) is 0 Å². The summed E-state index contributed by atoms with van der Waals surface area (Å²) in [4.78, 5) is 6.82. The molecular formula is C18H18N2S. The molecule has 0 unspecified atom stereocenters. The summed E-state index contributed by atoms with van der Waals surface area (Å²) in [7, 11) is 0. The van der Waals surface area contributed by atoms with E-state index in [1.165, 1.54) is 26.3 Å². The highest BCUT2D eigenvalue weighted by Gasteiger charge is 2.07. The van der Waals surface area contributed by atoms with E-state index in [9.17, 15) is 0 Å². The molecular weight excluding hydrogens is 276 g/mol. The van der Waals surface area contributed by atoms with Crippen molar-refractivity contribution in [3.05, 3.63) is 59.4 Å². The van der Waals surface area contributed by atoms with Crippen LogP contribution in [-0.4, -0.2) is 4.98 Å². The van der Waals surface area contributed by atoms with Gasteiger partial charge in [-0.2, -0.15) is 0 Å². The van der Waals surface area contributed by atoms with Crippen LogP contribution in [-0.2, 0) is 0 Å². The van der Waals surface area contributed by atoms with Crippen LogP contribution in [0.1, 0.15) is 16.8 Å². The molecule has 2 aromatic carbocycles. The van der Waals surface area contributed by atoms with Crippen LogP contribution in [0, 0.1) is 20.8 Å². The van der Waals surface area contributed by atoms with Crippen LogP contribution in [0.4, 0.5) is 5.69 Å². The minimum absolute atomic E-state index is 0.780. The van der Waals surface area contributed by atoms with Gasteiger partial charge in [-0.15, -0.1) is 0 Å². The van der Waals surface area contributed by atoms with Crippen LogP contribution < -0.4 is 5.73 Å². The Hall–Kier alpha value is -2.00. The molecule has 3 rings (SSSR count). The summed E-state index contributed by atoms with van der Waals surface area (Å²) in [6.45, 7) is 6.29. The van der Waals surface area contributed by atoms with Crippen molar-refractivity contribution in [3.63, 3.8) is 0 Å². The van der Waals surface area contributed by atoms with Crippen LogP contribution >= 0.6 is 11.8 Å². The molecule has 0 atom stereocenters. The number of hydrogen-bond acceptors (Lipinski definition) is 3. The fourth-order valence-corrected chi connectivity index (χ4v) is 3.37.